The number of nitrogens with zero attached hydrogens (tertiary/aromatic N) is 2. The highest BCUT2D eigenvalue weighted by atomic mass is 32.2. The highest BCUT2D eigenvalue weighted by Gasteiger charge is 2.45. The molecule has 8 rings (SSSR count). The summed E-state index contributed by atoms with van der Waals surface area (Å²) in [6, 6.07) is 37.5. The number of unbranched alkanes of at least 4 members (excludes halogenated alkanes) is 8. The average molecular weight is 1610 g/mol. The van der Waals surface area contributed by atoms with E-state index in [1.807, 2.05) is 72.8 Å². The van der Waals surface area contributed by atoms with Gasteiger partial charge in [-0.3, -0.25) is 38.1 Å². The van der Waals surface area contributed by atoms with Crippen molar-refractivity contribution in [1.82, 2.24) is 21.3 Å². The molecule has 25 heteroatoms. The maximum absolute atomic E-state index is 14.7. The van der Waals surface area contributed by atoms with Crippen LogP contribution in [0.15, 0.2) is 180 Å². The maximum Gasteiger partial charge on any atom is 0.326 e. The zero-order valence-electron chi connectivity index (χ0n) is 67.5. The molecule has 116 heavy (non-hydrogen) atoms. The molecule has 2 heterocycles. The van der Waals surface area contributed by atoms with Crippen LogP contribution in [0.1, 0.15) is 210 Å². The summed E-state index contributed by atoms with van der Waals surface area (Å²) in [5.74, 6) is -8.99. The van der Waals surface area contributed by atoms with Gasteiger partial charge >= 0.3 is 29.9 Å². The van der Waals surface area contributed by atoms with E-state index in [1.165, 1.54) is 17.0 Å². The SMILES string of the molecule is CCCCC[N+]1=C(/C=C/C2=C(Oc3ccc(C[C@H](NC(=O)[C@@H](CC(=O)[C@H](Cc4ccccc4)NC(=O)CCCCCCCCC(=O)C[C@H](CC(=O)CC[C@H](NC(=O)NCCCC(=O)O)C(=O)O)C(=O)O)Cc4ccccc4)C(=O)O)cc3)C(=C/C=C3/N(CCCCS(=O)(=O)O)c4ccccc4C3(C)C)/CCC2)C(C)(C)c2ccccc21. The van der Waals surface area contributed by atoms with Gasteiger partial charge in [-0.05, 0) is 155 Å². The molecule has 1 aliphatic carbocycles. The van der Waals surface area contributed by atoms with Gasteiger partial charge in [0.1, 0.15) is 41.7 Å². The molecule has 5 atom stereocenters. The van der Waals surface area contributed by atoms with Crippen molar-refractivity contribution in [1.29, 1.82) is 0 Å². The molecule has 0 bridgehead atoms. The van der Waals surface area contributed by atoms with Crippen LogP contribution in [0.25, 0.3) is 0 Å². The highest BCUT2D eigenvalue weighted by molar-refractivity contribution is 7.85. The van der Waals surface area contributed by atoms with Crippen molar-refractivity contribution < 1.29 is 90.7 Å². The fourth-order valence-corrected chi connectivity index (χ4v) is 16.1. The molecular formula is C91H115N6O18S+. The number of ether oxygens (including phenoxy) is 1. The number of para-hydroxylation sites is 2. The molecule has 24 nitrogen and oxygen atoms in total. The molecule has 0 unspecified atom stereocenters. The molecule has 2 aliphatic heterocycles. The summed E-state index contributed by atoms with van der Waals surface area (Å²) in [5.41, 5.74) is 10.2. The molecule has 0 saturated heterocycles. The van der Waals surface area contributed by atoms with Gasteiger partial charge in [-0.1, -0.05) is 168 Å². The molecule has 0 saturated carbocycles. The quantitative estimate of drug-likeness (QED) is 0.00992. The van der Waals surface area contributed by atoms with Gasteiger partial charge < -0.3 is 51.3 Å². The first-order valence-electron chi connectivity index (χ1n) is 40.8. The number of anilines is 1. The molecule has 0 fully saturated rings. The molecule has 0 spiro atoms. The molecule has 0 radical (unpaired) electrons. The monoisotopic (exact) mass is 1610 g/mol. The second kappa shape index (κ2) is 44.4. The first-order valence-corrected chi connectivity index (χ1v) is 42.4. The van der Waals surface area contributed by atoms with Crippen molar-refractivity contribution in [3.63, 3.8) is 0 Å². The van der Waals surface area contributed by atoms with Crippen molar-refractivity contribution in [2.75, 3.05) is 30.3 Å². The zero-order valence-corrected chi connectivity index (χ0v) is 68.3. The van der Waals surface area contributed by atoms with E-state index in [-0.39, 0.29) is 100 Å². The van der Waals surface area contributed by atoms with Crippen LogP contribution >= 0.6 is 0 Å². The van der Waals surface area contributed by atoms with Crippen LogP contribution in [-0.4, -0.2) is 146 Å². The largest absolute Gasteiger partial charge is 0.481 e. The van der Waals surface area contributed by atoms with E-state index in [0.29, 0.717) is 75.0 Å². The Labute approximate surface area is 681 Å². The molecule has 622 valence electrons. The van der Waals surface area contributed by atoms with Crippen molar-refractivity contribution in [3.8, 4) is 5.75 Å². The van der Waals surface area contributed by atoms with Gasteiger partial charge in [0.2, 0.25) is 17.5 Å². The van der Waals surface area contributed by atoms with Crippen molar-refractivity contribution in [2.45, 2.75) is 231 Å². The Balaban J connectivity index is 0.911. The topological polar surface area (TPSA) is 370 Å². The second-order valence-electron chi connectivity index (χ2n) is 31.6. The number of carbonyl (C=O) groups excluding carboxylic acids is 6. The Morgan fingerprint density at radius 2 is 1.16 bits per heavy atom. The summed E-state index contributed by atoms with van der Waals surface area (Å²) in [4.78, 5) is 131. The number of carbonyl (C=O) groups is 10. The number of urea groups is 1. The van der Waals surface area contributed by atoms with Gasteiger partial charge in [-0.2, -0.15) is 13.0 Å². The van der Waals surface area contributed by atoms with Crippen LogP contribution in [-0.2, 0) is 83.4 Å². The first kappa shape index (κ1) is 90.9. The lowest BCUT2D eigenvalue weighted by molar-refractivity contribution is -0.438. The summed E-state index contributed by atoms with van der Waals surface area (Å²) in [5, 5.41) is 49.3. The number of hydrogen-bond acceptors (Lipinski definition) is 14. The number of nitrogens with one attached hydrogen (secondary N) is 4. The molecule has 5 aromatic carbocycles. The Kier molecular flexibility index (Phi) is 34.8. The summed E-state index contributed by atoms with van der Waals surface area (Å²) < 4.78 is 42.6. The van der Waals surface area contributed by atoms with Crippen LogP contribution in [0.3, 0.4) is 0 Å². The predicted molar refractivity (Wildman–Crippen MR) is 444 cm³/mol. The maximum atomic E-state index is 14.7. The smallest absolute Gasteiger partial charge is 0.326 e. The normalized spacial score (nSPS) is 16.2. The van der Waals surface area contributed by atoms with E-state index in [4.69, 9.17) is 9.84 Å². The molecular weight excluding hydrogens is 1500 g/mol. The number of hydrogen-bond donors (Lipinski definition) is 9. The number of Topliss-reactive ketones (excluding diaryl/α,β-unsaturated/α-hetero) is 3. The first-order chi connectivity index (χ1) is 55.4. The van der Waals surface area contributed by atoms with Gasteiger partial charge in [-0.25, -0.2) is 14.4 Å². The number of ketones is 3. The zero-order chi connectivity index (χ0) is 84.0. The number of fused-ring (bicyclic) bond motifs is 2. The lowest BCUT2D eigenvalue weighted by Crippen LogP contribution is -2.47. The van der Waals surface area contributed by atoms with Gasteiger partial charge in [0.05, 0.1) is 23.1 Å². The predicted octanol–water partition coefficient (Wildman–Crippen LogP) is 14.4. The lowest BCUT2D eigenvalue weighted by Gasteiger charge is -2.27. The summed E-state index contributed by atoms with van der Waals surface area (Å²) in [7, 11) is -4.13. The van der Waals surface area contributed by atoms with Gasteiger partial charge in [0.15, 0.2) is 11.5 Å². The third-order valence-electron chi connectivity index (χ3n) is 21.9. The van der Waals surface area contributed by atoms with Gasteiger partial charge in [0.25, 0.3) is 10.1 Å². The van der Waals surface area contributed by atoms with Crippen LogP contribution < -0.4 is 30.9 Å². The number of amides is 4. The second-order valence-corrected chi connectivity index (χ2v) is 33.2. The minimum absolute atomic E-state index is 0.0253. The van der Waals surface area contributed by atoms with E-state index in [0.717, 1.165) is 77.9 Å². The standard InChI is InChI=1S/C91H114N6O18S/c1-6-7-24-53-96-77-38-22-20-36-72(77)90(2,3)80(96)50-44-65-33-27-34-66(45-51-81-91(4,5)73-37-21-23-39-78(73)97(81)54-25-26-55-116(112,113)114)84(65)115-71-47-42-64(43-48-71)58-76(88(109)110)94-85(104)67(56-62-29-14-12-15-30-62)61-79(100)75(57-63-31-16-13-17-32-63)93-82(101)40-19-11-9-8-10-18-35-69(98)59-68(86(105)106)60-70(99)46-49-74(87(107)108)95-89(111)92-52-28-41-83(102)103/h12-17,20-23,29-32,36-39,42-45,47-48,50-51,67-68,74-76H,6-11,18-19,24-28,33-35,40-41,46,49,52-61H2,1-5H3,(H8-,92,93,94,95,101,102,103,104,105,106,107,108,109,110,111,112,113,114)/p+1/t67-,68-,74+,75+,76+/m1/s1. The Hall–Kier alpha value is -10.7. The van der Waals surface area contributed by atoms with E-state index in [9.17, 15) is 76.2 Å². The van der Waals surface area contributed by atoms with Crippen LogP contribution in [0, 0.1) is 11.8 Å². The van der Waals surface area contributed by atoms with Crippen molar-refractivity contribution in [3.05, 3.63) is 208 Å². The lowest BCUT2D eigenvalue weighted by atomic mass is 9.81. The molecule has 0 aromatic heterocycles. The van der Waals surface area contributed by atoms with E-state index in [1.54, 1.807) is 24.3 Å². The Bertz CT molecular complexity index is 4550. The molecule has 5 aromatic rings. The number of benzene rings is 5. The number of aliphatic carboxylic acids is 4. The van der Waals surface area contributed by atoms with E-state index in [2.05, 4.69) is 126 Å². The summed E-state index contributed by atoms with van der Waals surface area (Å²) in [6.07, 6.45) is 16.9. The summed E-state index contributed by atoms with van der Waals surface area (Å²) in [6.45, 7) is 12.5. The average Bonchev–Trinajstić information content (AvgIpc) is 1.60. The van der Waals surface area contributed by atoms with Gasteiger partial charge in [0, 0.05) is 111 Å². The van der Waals surface area contributed by atoms with E-state index < -0.39 is 106 Å². The Morgan fingerprint density at radius 3 is 1.80 bits per heavy atom. The third-order valence-corrected chi connectivity index (χ3v) is 22.7. The summed E-state index contributed by atoms with van der Waals surface area (Å²) >= 11 is 0. The van der Waals surface area contributed by atoms with Crippen LogP contribution in [0.5, 0.6) is 5.75 Å². The molecule has 3 aliphatic rings. The van der Waals surface area contributed by atoms with Crippen LogP contribution in [0.4, 0.5) is 16.2 Å². The minimum atomic E-state index is -4.13. The number of carboxylic acid groups (broad SMARTS) is 4. The van der Waals surface area contributed by atoms with Crippen molar-refractivity contribution >= 4 is 86.3 Å². The number of rotatable bonds is 50. The van der Waals surface area contributed by atoms with Crippen molar-refractivity contribution in [2.24, 2.45) is 11.8 Å². The Morgan fingerprint density at radius 1 is 0.552 bits per heavy atom. The fourth-order valence-electron chi connectivity index (χ4n) is 15.5. The number of carboxylic acids is 4. The minimum Gasteiger partial charge on any atom is -0.481 e. The third kappa shape index (κ3) is 27.8. The van der Waals surface area contributed by atoms with Crippen LogP contribution in [0.2, 0.25) is 0 Å². The molecule has 9 N–H and O–H groups in total. The molecule has 4 amide bonds. The number of allylic oxidation sites excluding steroid dienone is 7. The fraction of sp³-hybridized carbons (Fsp3) is 0.462. The highest BCUT2D eigenvalue weighted by Crippen LogP contribution is 2.48. The van der Waals surface area contributed by atoms with Gasteiger partial charge in [-0.15, -0.1) is 0 Å². The van der Waals surface area contributed by atoms with E-state index >= 15 is 0 Å².